The number of nitrogens with zero attached hydrogens (tertiary/aromatic N) is 5. The maximum absolute atomic E-state index is 13.6. The number of nitrogens with one attached hydrogen (secondary N) is 2. The Labute approximate surface area is 374 Å². The van der Waals surface area contributed by atoms with Gasteiger partial charge in [0.15, 0.2) is 41.7 Å². The fraction of sp³-hybridized carbons (Fsp3) is 0.282. The second-order valence-corrected chi connectivity index (χ2v) is 17.5. The van der Waals surface area contributed by atoms with Crippen molar-refractivity contribution in [3.63, 3.8) is 0 Å². The summed E-state index contributed by atoms with van der Waals surface area (Å²) in [5, 5.41) is 40.8. The summed E-state index contributed by atoms with van der Waals surface area (Å²) in [5.74, 6) is -0.658. The van der Waals surface area contributed by atoms with Crippen LogP contribution in [-0.2, 0) is 38.5 Å². The fourth-order valence-electron chi connectivity index (χ4n) is 7.28. The van der Waals surface area contributed by atoms with Crippen LogP contribution in [0.15, 0.2) is 104 Å². The lowest BCUT2D eigenvalue weighted by molar-refractivity contribution is -0.767. The minimum atomic E-state index is -5.64. The molecule has 5 heterocycles. The number of phosphoric acid groups is 2. The van der Waals surface area contributed by atoms with Crippen molar-refractivity contribution in [3.05, 3.63) is 121 Å². The molecule has 3 aromatic heterocycles. The van der Waals surface area contributed by atoms with E-state index in [0.717, 1.165) is 16.3 Å². The highest BCUT2D eigenvalue weighted by molar-refractivity contribution is 7.61. The Morgan fingerprint density at radius 3 is 2.38 bits per heavy atom. The van der Waals surface area contributed by atoms with Gasteiger partial charge in [-0.15, -0.1) is 0 Å². The van der Waals surface area contributed by atoms with E-state index in [1.54, 1.807) is 12.1 Å². The Morgan fingerprint density at radius 1 is 0.892 bits per heavy atom. The highest BCUT2D eigenvalue weighted by Gasteiger charge is 2.53. The van der Waals surface area contributed by atoms with Crippen LogP contribution in [0.1, 0.15) is 38.7 Å². The standard InChI is InChI=1S/C39H40N8O15P2.ClH/c1-57-25-10-5-8-23(16-25)36(52)45-28-30(48)27(18-58-63(53,54)62-64(55,56)61-39-32(50)31(49)38(60-39)46-14-12-22(13-15-46)33(40)51)59-37(28)47-20-44-29-34(42-19-43-35(29)47)41-17-24-9-4-7-21-6-2-3-11-26(21)24;/h2-16,19-20,27-28,30-32,37-39,48-50H,17-18H2,1H3,(H5-,40,41,42,43,45,51,52,53,54,55,56);1H/t27-,28-,30-,31-,32+,37-,38-,39-;/m1./s1. The van der Waals surface area contributed by atoms with E-state index in [-0.39, 0.29) is 29.2 Å². The molecule has 0 bridgehead atoms. The van der Waals surface area contributed by atoms with Gasteiger partial charge in [-0.3, -0.25) is 27.9 Å². The number of aliphatic hydroxyl groups excluding tert-OH is 3. The maximum Gasteiger partial charge on any atom is 0.483 e. The van der Waals surface area contributed by atoms with Crippen molar-refractivity contribution in [3.8, 4) is 5.75 Å². The van der Waals surface area contributed by atoms with Crippen LogP contribution in [0.3, 0.4) is 0 Å². The number of aromatic nitrogens is 5. The number of pyridine rings is 1. The summed E-state index contributed by atoms with van der Waals surface area (Å²) in [6, 6.07) is 21.3. The zero-order valence-electron chi connectivity index (χ0n) is 33.8. The number of phosphoric ester groups is 2. The molecular weight excluding hydrogens is 918 g/mol. The topological polar surface area (TPSA) is 322 Å². The van der Waals surface area contributed by atoms with E-state index in [1.807, 2.05) is 42.5 Å². The molecule has 0 radical (unpaired) electrons. The first-order valence-corrected chi connectivity index (χ1v) is 22.3. The van der Waals surface area contributed by atoms with E-state index < -0.39 is 83.3 Å². The third-order valence-electron chi connectivity index (χ3n) is 10.4. The van der Waals surface area contributed by atoms with Gasteiger partial charge in [-0.2, -0.15) is 8.88 Å². The fourth-order valence-corrected chi connectivity index (χ4v) is 9.43. The quantitative estimate of drug-likeness (QED) is 0.0407. The SMILES string of the molecule is COc1cccc(C(=O)N[C@@H]2[C@H](O)[C@@H](COP(=O)(O)OP(=O)(O)O[C@H]3O[C@@H]([n+]4ccc(C(N)=O)cc4)[C@H](O)[C@@H]3O)O[C@H]2n2cnc3c(NCc4cccc5ccccc45)ncnc32)c1.[Cl-]. The minimum Gasteiger partial charge on any atom is -1.00 e. The number of amides is 2. The molecule has 6 aromatic rings. The molecule has 2 unspecified atom stereocenters. The van der Waals surface area contributed by atoms with Gasteiger partial charge >= 0.3 is 15.6 Å². The minimum absolute atomic E-state index is 0. The van der Waals surface area contributed by atoms with Gasteiger partial charge in [-0.05, 0) is 34.5 Å². The highest BCUT2D eigenvalue weighted by atomic mass is 35.5. The van der Waals surface area contributed by atoms with Crippen LogP contribution in [0.25, 0.3) is 21.9 Å². The maximum atomic E-state index is 13.6. The molecule has 0 aliphatic carbocycles. The summed E-state index contributed by atoms with van der Waals surface area (Å²) >= 11 is 0. The number of benzene rings is 3. The van der Waals surface area contributed by atoms with Crippen molar-refractivity contribution in [2.24, 2.45) is 5.73 Å². The molecule has 2 aliphatic rings. The first kappa shape index (κ1) is 47.5. The van der Waals surface area contributed by atoms with Gasteiger partial charge in [0, 0.05) is 24.2 Å². The van der Waals surface area contributed by atoms with Gasteiger partial charge in [0.25, 0.3) is 12.1 Å². The van der Waals surface area contributed by atoms with Gasteiger partial charge in [-0.25, -0.2) is 24.1 Å². The van der Waals surface area contributed by atoms with Crippen LogP contribution >= 0.6 is 15.6 Å². The summed E-state index contributed by atoms with van der Waals surface area (Å²) in [7, 11) is -9.80. The molecule has 23 nitrogen and oxygen atoms in total. The van der Waals surface area contributed by atoms with Crippen LogP contribution in [0.4, 0.5) is 5.82 Å². The number of imidazole rings is 1. The van der Waals surface area contributed by atoms with Gasteiger partial charge < -0.3 is 63.4 Å². The molecule has 26 heteroatoms. The lowest BCUT2D eigenvalue weighted by atomic mass is 10.0. The van der Waals surface area contributed by atoms with Crippen molar-refractivity contribution in [2.45, 2.75) is 55.7 Å². The number of rotatable bonds is 16. The smallest absolute Gasteiger partial charge is 0.483 e. The van der Waals surface area contributed by atoms with Crippen LogP contribution in [0.2, 0.25) is 0 Å². The monoisotopic (exact) mass is 958 g/mol. The van der Waals surface area contributed by atoms with E-state index in [9.17, 15) is 43.8 Å². The van der Waals surface area contributed by atoms with Crippen molar-refractivity contribution >= 4 is 55.2 Å². The average Bonchev–Trinajstić information content (AvgIpc) is 3.93. The van der Waals surface area contributed by atoms with Crippen LogP contribution in [-0.4, -0.2) is 107 Å². The number of carbonyl (C=O) groups is 2. The van der Waals surface area contributed by atoms with Gasteiger partial charge in [-0.1, -0.05) is 48.5 Å². The van der Waals surface area contributed by atoms with Crippen molar-refractivity contribution < 1.29 is 88.4 Å². The molecule has 0 spiro atoms. The molecule has 8 rings (SSSR count). The third-order valence-corrected chi connectivity index (χ3v) is 13.0. The van der Waals surface area contributed by atoms with E-state index in [4.69, 9.17) is 29.0 Å². The normalized spacial score (nSPS) is 24.8. The number of hydrogen-bond acceptors (Lipinski definition) is 17. The number of fused-ring (bicyclic) bond motifs is 2. The Hall–Kier alpha value is -5.49. The highest BCUT2D eigenvalue weighted by Crippen LogP contribution is 2.61. The number of hydrogen-bond donors (Lipinski definition) is 8. The van der Waals surface area contributed by atoms with Crippen molar-refractivity contribution in [2.75, 3.05) is 19.0 Å². The van der Waals surface area contributed by atoms with E-state index in [0.29, 0.717) is 23.6 Å². The second kappa shape index (κ2) is 19.5. The molecule has 65 heavy (non-hydrogen) atoms. The zero-order chi connectivity index (χ0) is 45.3. The van der Waals surface area contributed by atoms with E-state index >= 15 is 0 Å². The number of aliphatic hydroxyl groups is 3. The van der Waals surface area contributed by atoms with Gasteiger partial charge in [0.05, 0.1) is 25.6 Å². The third kappa shape index (κ3) is 10.3. The average molecular weight is 959 g/mol. The van der Waals surface area contributed by atoms with Crippen LogP contribution in [0, 0.1) is 0 Å². The lowest BCUT2D eigenvalue weighted by Gasteiger charge is -2.23. The summed E-state index contributed by atoms with van der Waals surface area (Å²) in [6.45, 7) is -0.589. The molecule has 344 valence electrons. The number of anilines is 1. The van der Waals surface area contributed by atoms with Crippen molar-refractivity contribution in [1.82, 2.24) is 24.8 Å². The Balaban J connectivity index is 0.00000630. The van der Waals surface area contributed by atoms with E-state index in [1.165, 1.54) is 65.6 Å². The van der Waals surface area contributed by atoms with Gasteiger partial charge in [0.1, 0.15) is 36.4 Å². The Morgan fingerprint density at radius 2 is 1.63 bits per heavy atom. The summed E-state index contributed by atoms with van der Waals surface area (Å²) in [5.41, 5.74) is 7.03. The predicted molar refractivity (Wildman–Crippen MR) is 220 cm³/mol. The number of halogens is 1. The molecule has 2 aliphatic heterocycles. The number of carbonyl (C=O) groups excluding carboxylic acids is 2. The van der Waals surface area contributed by atoms with Gasteiger partial charge in [0.2, 0.25) is 12.2 Å². The summed E-state index contributed by atoms with van der Waals surface area (Å²) < 4.78 is 59.7. The molecule has 3 aromatic carbocycles. The molecule has 0 saturated carbocycles. The zero-order valence-corrected chi connectivity index (χ0v) is 36.3. The summed E-state index contributed by atoms with van der Waals surface area (Å²) in [6.07, 6.45) is -6.50. The number of nitrogens with two attached hydrogens (primary N) is 1. The first-order chi connectivity index (χ1) is 30.6. The molecule has 10 atom stereocenters. The van der Waals surface area contributed by atoms with E-state index in [2.05, 4.69) is 29.9 Å². The molecular formula is C39H41ClN8O15P2. The van der Waals surface area contributed by atoms with Crippen LogP contribution < -0.4 is 38.1 Å². The number of primary amides is 1. The lowest BCUT2D eigenvalue weighted by Crippen LogP contribution is -3.00. The number of methoxy groups -OCH3 is 1. The summed E-state index contributed by atoms with van der Waals surface area (Å²) in [4.78, 5) is 59.3. The Kier molecular flexibility index (Phi) is 14.3. The number of ether oxygens (including phenoxy) is 3. The molecule has 2 saturated heterocycles. The molecule has 9 N–H and O–H groups in total. The van der Waals surface area contributed by atoms with Crippen molar-refractivity contribution in [1.29, 1.82) is 0 Å². The predicted octanol–water partition coefficient (Wildman–Crippen LogP) is -1.42. The molecule has 2 fully saturated rings. The van der Waals surface area contributed by atoms with Crippen LogP contribution in [0.5, 0.6) is 5.75 Å². The largest absolute Gasteiger partial charge is 1.00 e. The molecule has 2 amide bonds. The Bertz CT molecular complexity index is 2790. The first-order valence-electron chi connectivity index (χ1n) is 19.3. The second-order valence-electron chi connectivity index (χ2n) is 14.5.